The number of aromatic nitrogens is 4. The van der Waals surface area contributed by atoms with Crippen molar-refractivity contribution in [3.63, 3.8) is 0 Å². The second-order valence-corrected chi connectivity index (χ2v) is 4.36. The number of ether oxygens (including phenoxy) is 2. The van der Waals surface area contributed by atoms with Crippen molar-refractivity contribution < 1.29 is 19.4 Å². The molecule has 1 aliphatic heterocycles. The van der Waals surface area contributed by atoms with Gasteiger partial charge in [0.15, 0.2) is 29.5 Å². The fourth-order valence-corrected chi connectivity index (χ4v) is 1.94. The molecule has 8 heteroatoms. The van der Waals surface area contributed by atoms with Crippen molar-refractivity contribution in [1.29, 1.82) is 0 Å². The summed E-state index contributed by atoms with van der Waals surface area (Å²) in [6.45, 7) is 1.73. The molecule has 0 spiro atoms. The molecule has 1 aromatic heterocycles. The average molecular weight is 276 g/mol. The largest absolute Gasteiger partial charge is 0.485 e. The molecule has 0 fully saturated rings. The van der Waals surface area contributed by atoms with Gasteiger partial charge < -0.3 is 14.6 Å². The molecule has 2 atom stereocenters. The van der Waals surface area contributed by atoms with Crippen molar-refractivity contribution in [2.24, 2.45) is 0 Å². The molecular formula is C12H12N4O4. The summed E-state index contributed by atoms with van der Waals surface area (Å²) >= 11 is 0. The summed E-state index contributed by atoms with van der Waals surface area (Å²) < 4.78 is 12.6. The molecule has 104 valence electrons. The number of carboxylic acids is 1. The summed E-state index contributed by atoms with van der Waals surface area (Å²) in [5, 5.41) is 20.1. The Balaban J connectivity index is 1.89. The van der Waals surface area contributed by atoms with Crippen molar-refractivity contribution in [1.82, 2.24) is 20.2 Å². The number of carbonyl (C=O) groups is 1. The first-order valence-corrected chi connectivity index (χ1v) is 6.06. The van der Waals surface area contributed by atoms with Gasteiger partial charge in [0.05, 0.1) is 0 Å². The highest BCUT2D eigenvalue weighted by Crippen LogP contribution is 2.35. The molecule has 1 aliphatic rings. The first-order chi connectivity index (χ1) is 9.66. The van der Waals surface area contributed by atoms with Gasteiger partial charge >= 0.3 is 5.97 Å². The number of fused-ring (bicyclic) bond motifs is 1. The molecule has 2 heterocycles. The Bertz CT molecular complexity index is 642. The minimum atomic E-state index is -1.02. The highest BCUT2D eigenvalue weighted by molar-refractivity contribution is 5.71. The molecule has 20 heavy (non-hydrogen) atoms. The highest BCUT2D eigenvalue weighted by atomic mass is 16.6. The first kappa shape index (κ1) is 12.4. The maximum atomic E-state index is 11.0. The van der Waals surface area contributed by atoms with Gasteiger partial charge in [-0.05, 0) is 29.5 Å². The summed E-state index contributed by atoms with van der Waals surface area (Å²) in [6.07, 6.45) is -0.540. The van der Waals surface area contributed by atoms with Crippen LogP contribution in [0.1, 0.15) is 24.9 Å². The average Bonchev–Trinajstić information content (AvgIpc) is 2.95. The number of rotatable bonds is 3. The van der Waals surface area contributed by atoms with Gasteiger partial charge in [0.2, 0.25) is 0 Å². The smallest absolute Gasteiger partial charge is 0.328 e. The van der Waals surface area contributed by atoms with Crippen LogP contribution in [0.15, 0.2) is 24.3 Å². The Morgan fingerprint density at radius 2 is 2.20 bits per heavy atom. The minimum absolute atomic E-state index is 0.226. The summed E-state index contributed by atoms with van der Waals surface area (Å²) in [4.78, 5) is 11.0. The fraction of sp³-hybridized carbons (Fsp3) is 0.333. The van der Waals surface area contributed by atoms with Gasteiger partial charge in [-0.15, -0.1) is 5.10 Å². The number of hydrogen-bond acceptors (Lipinski definition) is 6. The third-order valence-corrected chi connectivity index (χ3v) is 3.04. The van der Waals surface area contributed by atoms with E-state index >= 15 is 0 Å². The van der Waals surface area contributed by atoms with Crippen LogP contribution < -0.4 is 9.47 Å². The predicted octanol–water partition coefficient (Wildman–Crippen LogP) is 0.831. The number of para-hydroxylation sites is 2. The van der Waals surface area contributed by atoms with Crippen LogP contribution in [-0.4, -0.2) is 37.9 Å². The zero-order chi connectivity index (χ0) is 14.1. The second-order valence-electron chi connectivity index (χ2n) is 4.36. The number of tetrazole rings is 1. The van der Waals surface area contributed by atoms with E-state index < -0.39 is 18.1 Å². The normalized spacial score (nSPS) is 18.6. The molecule has 3 rings (SSSR count). The monoisotopic (exact) mass is 276 g/mol. The van der Waals surface area contributed by atoms with Crippen LogP contribution in [0.3, 0.4) is 0 Å². The molecule has 8 nitrogen and oxygen atoms in total. The summed E-state index contributed by atoms with van der Waals surface area (Å²) in [5.74, 6) is 0.542. The Morgan fingerprint density at radius 1 is 1.45 bits per heavy atom. The van der Waals surface area contributed by atoms with Crippen LogP contribution >= 0.6 is 0 Å². The molecule has 0 amide bonds. The van der Waals surface area contributed by atoms with E-state index in [0.717, 1.165) is 0 Å². The Morgan fingerprint density at radius 3 is 2.95 bits per heavy atom. The lowest BCUT2D eigenvalue weighted by molar-refractivity contribution is -0.140. The fourth-order valence-electron chi connectivity index (χ4n) is 1.94. The lowest BCUT2D eigenvalue weighted by atomic mass is 10.2. The van der Waals surface area contributed by atoms with Crippen molar-refractivity contribution in [2.75, 3.05) is 6.61 Å². The van der Waals surface area contributed by atoms with E-state index in [-0.39, 0.29) is 6.61 Å². The van der Waals surface area contributed by atoms with Crippen LogP contribution in [0.4, 0.5) is 0 Å². The molecule has 0 radical (unpaired) electrons. The highest BCUT2D eigenvalue weighted by Gasteiger charge is 2.30. The van der Waals surface area contributed by atoms with Gasteiger partial charge in [-0.3, -0.25) is 0 Å². The van der Waals surface area contributed by atoms with Crippen molar-refractivity contribution in [3.8, 4) is 11.5 Å². The molecular weight excluding hydrogens is 264 g/mol. The number of nitrogens with zero attached hydrogens (tertiary/aromatic N) is 4. The van der Waals surface area contributed by atoms with Gasteiger partial charge in [-0.25, -0.2) is 9.48 Å². The molecule has 0 saturated carbocycles. The third kappa shape index (κ3) is 2.04. The minimum Gasteiger partial charge on any atom is -0.485 e. The van der Waals surface area contributed by atoms with Gasteiger partial charge in [-0.2, -0.15) is 0 Å². The van der Waals surface area contributed by atoms with Gasteiger partial charge in [0.1, 0.15) is 6.61 Å². The van der Waals surface area contributed by atoms with E-state index in [0.29, 0.717) is 17.3 Å². The van der Waals surface area contributed by atoms with Crippen LogP contribution in [0.2, 0.25) is 0 Å². The summed E-state index contributed by atoms with van der Waals surface area (Å²) in [5.41, 5.74) is 0. The van der Waals surface area contributed by atoms with E-state index in [9.17, 15) is 4.79 Å². The Hall–Kier alpha value is -2.64. The van der Waals surface area contributed by atoms with Gasteiger partial charge in [0.25, 0.3) is 0 Å². The predicted molar refractivity (Wildman–Crippen MR) is 65.5 cm³/mol. The van der Waals surface area contributed by atoms with Crippen molar-refractivity contribution >= 4 is 5.97 Å². The summed E-state index contributed by atoms with van der Waals surface area (Å²) in [7, 11) is 0. The van der Waals surface area contributed by atoms with Crippen molar-refractivity contribution in [3.05, 3.63) is 30.1 Å². The lowest BCUT2D eigenvalue weighted by Crippen LogP contribution is -2.28. The molecule has 0 bridgehead atoms. The SMILES string of the molecule is CC(C(=O)O)n1nnnc1C1COc2ccccc2O1. The Kier molecular flexibility index (Phi) is 2.97. The molecule has 1 aromatic carbocycles. The Labute approximate surface area is 113 Å². The van der Waals surface area contributed by atoms with E-state index in [1.165, 1.54) is 11.6 Å². The standard InChI is InChI=1S/C12H12N4O4/c1-7(12(17)18)16-11(13-14-15-16)10-6-19-8-4-2-3-5-9(8)20-10/h2-5,7,10H,6H2,1H3,(H,17,18). The van der Waals surface area contributed by atoms with Crippen LogP contribution in [0.25, 0.3) is 0 Å². The zero-order valence-electron chi connectivity index (χ0n) is 10.6. The zero-order valence-corrected chi connectivity index (χ0v) is 10.6. The number of hydrogen-bond donors (Lipinski definition) is 1. The van der Waals surface area contributed by atoms with Gasteiger partial charge in [-0.1, -0.05) is 12.1 Å². The van der Waals surface area contributed by atoms with E-state index in [1.54, 1.807) is 12.1 Å². The van der Waals surface area contributed by atoms with E-state index in [1.807, 2.05) is 12.1 Å². The topological polar surface area (TPSA) is 99.4 Å². The number of benzene rings is 1. The van der Waals surface area contributed by atoms with E-state index in [2.05, 4.69) is 15.5 Å². The molecule has 0 saturated heterocycles. The lowest BCUT2D eigenvalue weighted by Gasteiger charge is -2.25. The summed E-state index contributed by atoms with van der Waals surface area (Å²) in [6, 6.07) is 6.37. The van der Waals surface area contributed by atoms with Crippen molar-refractivity contribution in [2.45, 2.75) is 19.1 Å². The first-order valence-electron chi connectivity index (χ1n) is 6.06. The maximum absolute atomic E-state index is 11.0. The number of aliphatic carboxylic acids is 1. The molecule has 2 aromatic rings. The third-order valence-electron chi connectivity index (χ3n) is 3.04. The number of carboxylic acid groups (broad SMARTS) is 1. The quantitative estimate of drug-likeness (QED) is 0.886. The molecule has 2 unspecified atom stereocenters. The van der Waals surface area contributed by atoms with Gasteiger partial charge in [0, 0.05) is 0 Å². The van der Waals surface area contributed by atoms with Crippen LogP contribution in [0.5, 0.6) is 11.5 Å². The molecule has 1 N–H and O–H groups in total. The van der Waals surface area contributed by atoms with Crippen LogP contribution in [0, 0.1) is 0 Å². The van der Waals surface area contributed by atoms with Crippen LogP contribution in [-0.2, 0) is 4.79 Å². The van der Waals surface area contributed by atoms with E-state index in [4.69, 9.17) is 14.6 Å². The second kappa shape index (κ2) is 4.80. The molecule has 0 aliphatic carbocycles. The maximum Gasteiger partial charge on any atom is 0.328 e.